The highest BCUT2D eigenvalue weighted by Gasteiger charge is 2.15. The molecule has 4 nitrogen and oxygen atoms in total. The predicted molar refractivity (Wildman–Crippen MR) is 90.5 cm³/mol. The molecule has 0 aliphatic rings. The molecule has 1 atom stereocenters. The fourth-order valence-electron chi connectivity index (χ4n) is 2.26. The van der Waals surface area contributed by atoms with Crippen molar-refractivity contribution in [2.24, 2.45) is 0 Å². The number of anilines is 2. The molecule has 2 aromatic carbocycles. The number of ether oxygens (including phenoxy) is 1. The highest BCUT2D eigenvalue weighted by atomic mass is 16.5. The standard InChI is InChI=1S/C18H22N2O2/c1-4-14-9-5-6-10-15(14)19-13(2)18(21)20-16-11-7-8-12-17(16)22-3/h5-13,19H,4H2,1-3H3,(H,20,21)/t13-/m0/s1. The second-order valence-corrected chi connectivity index (χ2v) is 5.07. The van der Waals surface area contributed by atoms with Crippen LogP contribution in [0.5, 0.6) is 5.75 Å². The molecule has 0 spiro atoms. The average Bonchev–Trinajstić information content (AvgIpc) is 2.55. The molecule has 2 rings (SSSR count). The number of hydrogen-bond donors (Lipinski definition) is 2. The lowest BCUT2D eigenvalue weighted by Crippen LogP contribution is -2.32. The Morgan fingerprint density at radius 1 is 1.09 bits per heavy atom. The maximum atomic E-state index is 12.4. The van der Waals surface area contributed by atoms with Gasteiger partial charge >= 0.3 is 0 Å². The van der Waals surface area contributed by atoms with Gasteiger partial charge in [-0.2, -0.15) is 0 Å². The van der Waals surface area contributed by atoms with Gasteiger partial charge in [-0.1, -0.05) is 37.3 Å². The molecule has 0 aliphatic heterocycles. The van der Waals surface area contributed by atoms with Crippen molar-refractivity contribution in [3.05, 3.63) is 54.1 Å². The second kappa shape index (κ2) is 7.50. The zero-order valence-corrected chi connectivity index (χ0v) is 13.2. The van der Waals surface area contributed by atoms with Crippen molar-refractivity contribution in [3.8, 4) is 5.75 Å². The van der Waals surface area contributed by atoms with E-state index in [0.29, 0.717) is 11.4 Å². The van der Waals surface area contributed by atoms with E-state index >= 15 is 0 Å². The molecule has 116 valence electrons. The molecule has 0 saturated heterocycles. The minimum absolute atomic E-state index is 0.101. The Hall–Kier alpha value is -2.49. The van der Waals surface area contributed by atoms with E-state index < -0.39 is 0 Å². The molecule has 0 fully saturated rings. The van der Waals surface area contributed by atoms with Crippen LogP contribution in [-0.2, 0) is 11.2 Å². The van der Waals surface area contributed by atoms with Gasteiger partial charge < -0.3 is 15.4 Å². The molecule has 0 heterocycles. The van der Waals surface area contributed by atoms with Crippen molar-refractivity contribution in [3.63, 3.8) is 0 Å². The number of hydrogen-bond acceptors (Lipinski definition) is 3. The van der Waals surface area contributed by atoms with Crippen LogP contribution >= 0.6 is 0 Å². The molecule has 1 amide bonds. The Morgan fingerprint density at radius 2 is 1.73 bits per heavy atom. The fourth-order valence-corrected chi connectivity index (χ4v) is 2.26. The minimum atomic E-state index is -0.349. The lowest BCUT2D eigenvalue weighted by Gasteiger charge is -2.18. The largest absolute Gasteiger partial charge is 0.495 e. The Labute approximate surface area is 131 Å². The molecule has 0 aromatic heterocycles. The molecule has 0 unspecified atom stereocenters. The monoisotopic (exact) mass is 298 g/mol. The van der Waals surface area contributed by atoms with Crippen LogP contribution in [0, 0.1) is 0 Å². The minimum Gasteiger partial charge on any atom is -0.495 e. The SMILES string of the molecule is CCc1ccccc1N[C@@H](C)C(=O)Nc1ccccc1OC. The summed E-state index contributed by atoms with van der Waals surface area (Å²) < 4.78 is 5.25. The van der Waals surface area contributed by atoms with E-state index in [1.165, 1.54) is 5.56 Å². The fraction of sp³-hybridized carbons (Fsp3) is 0.278. The number of benzene rings is 2. The van der Waals surface area contributed by atoms with E-state index in [0.717, 1.165) is 12.1 Å². The van der Waals surface area contributed by atoms with Crippen molar-refractivity contribution in [1.29, 1.82) is 0 Å². The maximum Gasteiger partial charge on any atom is 0.246 e. The number of aryl methyl sites for hydroxylation is 1. The summed E-state index contributed by atoms with van der Waals surface area (Å²) in [4.78, 5) is 12.4. The first-order valence-corrected chi connectivity index (χ1v) is 7.44. The molecule has 22 heavy (non-hydrogen) atoms. The zero-order valence-electron chi connectivity index (χ0n) is 13.2. The van der Waals surface area contributed by atoms with Gasteiger partial charge in [0.2, 0.25) is 5.91 Å². The van der Waals surface area contributed by atoms with Gasteiger partial charge in [0.1, 0.15) is 11.8 Å². The first kappa shape index (κ1) is 15.9. The summed E-state index contributed by atoms with van der Waals surface area (Å²) in [5, 5.41) is 6.16. The van der Waals surface area contributed by atoms with Crippen molar-refractivity contribution in [2.45, 2.75) is 26.3 Å². The number of para-hydroxylation sites is 3. The van der Waals surface area contributed by atoms with Crippen LogP contribution in [0.25, 0.3) is 0 Å². The first-order chi connectivity index (χ1) is 10.7. The number of amides is 1. The lowest BCUT2D eigenvalue weighted by molar-refractivity contribution is -0.116. The smallest absolute Gasteiger partial charge is 0.246 e. The summed E-state index contributed by atoms with van der Waals surface area (Å²) in [5.41, 5.74) is 2.86. The Balaban J connectivity index is 2.06. The van der Waals surface area contributed by atoms with Crippen molar-refractivity contribution >= 4 is 17.3 Å². The summed E-state index contributed by atoms with van der Waals surface area (Å²) >= 11 is 0. The van der Waals surface area contributed by atoms with Gasteiger partial charge in [-0.3, -0.25) is 4.79 Å². The van der Waals surface area contributed by atoms with E-state index in [1.807, 2.05) is 49.4 Å². The molecule has 0 bridgehead atoms. The molecular formula is C18H22N2O2. The van der Waals surface area contributed by atoms with Crippen LogP contribution in [-0.4, -0.2) is 19.1 Å². The lowest BCUT2D eigenvalue weighted by atomic mass is 10.1. The molecule has 2 N–H and O–H groups in total. The molecule has 2 aromatic rings. The third kappa shape index (κ3) is 3.79. The molecule has 0 radical (unpaired) electrons. The maximum absolute atomic E-state index is 12.4. The quantitative estimate of drug-likeness (QED) is 0.855. The summed E-state index contributed by atoms with van der Waals surface area (Å²) in [6, 6.07) is 15.0. The van der Waals surface area contributed by atoms with Crippen molar-refractivity contribution < 1.29 is 9.53 Å². The topological polar surface area (TPSA) is 50.4 Å². The highest BCUT2D eigenvalue weighted by molar-refractivity contribution is 5.97. The Bertz CT molecular complexity index is 640. The zero-order chi connectivity index (χ0) is 15.9. The van der Waals surface area contributed by atoms with E-state index in [9.17, 15) is 4.79 Å². The normalized spacial score (nSPS) is 11.6. The average molecular weight is 298 g/mol. The van der Waals surface area contributed by atoms with Crippen LogP contribution in [0.2, 0.25) is 0 Å². The molecule has 4 heteroatoms. The van der Waals surface area contributed by atoms with E-state index in [2.05, 4.69) is 23.6 Å². The highest BCUT2D eigenvalue weighted by Crippen LogP contribution is 2.23. The molecule has 0 aliphatic carbocycles. The third-order valence-electron chi connectivity index (χ3n) is 3.53. The van der Waals surface area contributed by atoms with E-state index in [1.54, 1.807) is 7.11 Å². The van der Waals surface area contributed by atoms with Crippen molar-refractivity contribution in [2.75, 3.05) is 17.7 Å². The van der Waals surface area contributed by atoms with Gasteiger partial charge in [-0.25, -0.2) is 0 Å². The van der Waals surface area contributed by atoms with Crippen LogP contribution in [0.4, 0.5) is 11.4 Å². The number of carbonyl (C=O) groups is 1. The summed E-state index contributed by atoms with van der Waals surface area (Å²) in [7, 11) is 1.59. The molecule has 0 saturated carbocycles. The van der Waals surface area contributed by atoms with Crippen LogP contribution in [0.1, 0.15) is 19.4 Å². The number of nitrogens with one attached hydrogen (secondary N) is 2. The summed E-state index contributed by atoms with van der Waals surface area (Å²) in [6.07, 6.45) is 0.921. The second-order valence-electron chi connectivity index (χ2n) is 5.07. The van der Waals surface area contributed by atoms with Gasteiger partial charge in [0.15, 0.2) is 0 Å². The first-order valence-electron chi connectivity index (χ1n) is 7.44. The van der Waals surface area contributed by atoms with Gasteiger partial charge in [0, 0.05) is 5.69 Å². The van der Waals surface area contributed by atoms with Crippen molar-refractivity contribution in [1.82, 2.24) is 0 Å². The van der Waals surface area contributed by atoms with Gasteiger partial charge in [0.05, 0.1) is 12.8 Å². The Kier molecular flexibility index (Phi) is 5.42. The van der Waals surface area contributed by atoms with Crippen LogP contribution in [0.3, 0.4) is 0 Å². The van der Waals surface area contributed by atoms with Gasteiger partial charge in [-0.05, 0) is 37.1 Å². The predicted octanol–water partition coefficient (Wildman–Crippen LogP) is 3.70. The number of rotatable bonds is 6. The number of methoxy groups -OCH3 is 1. The van der Waals surface area contributed by atoms with Crippen LogP contribution in [0.15, 0.2) is 48.5 Å². The van der Waals surface area contributed by atoms with E-state index in [-0.39, 0.29) is 11.9 Å². The number of carbonyl (C=O) groups excluding carboxylic acids is 1. The van der Waals surface area contributed by atoms with Gasteiger partial charge in [-0.15, -0.1) is 0 Å². The van der Waals surface area contributed by atoms with Crippen LogP contribution < -0.4 is 15.4 Å². The van der Waals surface area contributed by atoms with E-state index in [4.69, 9.17) is 4.74 Å². The molecular weight excluding hydrogens is 276 g/mol. The Morgan fingerprint density at radius 3 is 2.41 bits per heavy atom. The summed E-state index contributed by atoms with van der Waals surface area (Å²) in [5.74, 6) is 0.549. The third-order valence-corrected chi connectivity index (χ3v) is 3.53. The van der Waals surface area contributed by atoms with Gasteiger partial charge in [0.25, 0.3) is 0 Å². The summed E-state index contributed by atoms with van der Waals surface area (Å²) in [6.45, 7) is 3.94.